The number of hydrogen-bond acceptors (Lipinski definition) is 2. The lowest BCUT2D eigenvalue weighted by Crippen LogP contribution is -2.13. The monoisotopic (exact) mass is 315 g/mol. The number of halogens is 1. The van der Waals surface area contributed by atoms with Crippen LogP contribution in [0.25, 0.3) is 0 Å². The van der Waals surface area contributed by atoms with Crippen molar-refractivity contribution in [3.63, 3.8) is 0 Å². The molecule has 78 valence electrons. The van der Waals surface area contributed by atoms with Gasteiger partial charge in [0, 0.05) is 28.3 Å². The summed E-state index contributed by atoms with van der Waals surface area (Å²) in [6, 6.07) is 7.50. The zero-order chi connectivity index (χ0) is 11.1. The van der Waals surface area contributed by atoms with Gasteiger partial charge in [0.15, 0.2) is 6.61 Å². The Bertz CT molecular complexity index is 407. The maximum atomic E-state index is 11.2. The molecule has 1 aromatic carbocycles. The molecule has 3 nitrogen and oxygen atoms in total. The van der Waals surface area contributed by atoms with E-state index in [4.69, 9.17) is 4.74 Å². The van der Waals surface area contributed by atoms with Gasteiger partial charge in [-0.25, -0.2) is 4.79 Å². The fourth-order valence-electron chi connectivity index (χ4n) is 1.01. The van der Waals surface area contributed by atoms with Gasteiger partial charge in [0.1, 0.15) is 0 Å². The predicted molar refractivity (Wildman–Crippen MR) is 67.9 cm³/mol. The molecule has 4 heteroatoms. The van der Waals surface area contributed by atoms with Crippen molar-refractivity contribution in [3.8, 4) is 9.85 Å². The van der Waals surface area contributed by atoms with Crippen LogP contribution in [0, 0.1) is 16.8 Å². The first kappa shape index (κ1) is 11.9. The van der Waals surface area contributed by atoms with Gasteiger partial charge in [0.2, 0.25) is 0 Å². The Labute approximate surface area is 102 Å². The summed E-state index contributed by atoms with van der Waals surface area (Å²) >= 11 is 1.89. The normalized spacial score (nSPS) is 8.67. The summed E-state index contributed by atoms with van der Waals surface area (Å²) in [6.45, 7) is 2.07. The molecule has 0 aliphatic carbocycles. The Morgan fingerprint density at radius 1 is 1.60 bits per heavy atom. The van der Waals surface area contributed by atoms with Crippen molar-refractivity contribution in [2.45, 2.75) is 6.92 Å². The van der Waals surface area contributed by atoms with Crippen molar-refractivity contribution < 1.29 is 9.53 Å². The Hall–Kier alpha value is -1.22. The minimum Gasteiger partial charge on any atom is -0.436 e. The number of carbonyl (C=O) groups excluding carboxylic acids is 1. The fourth-order valence-corrected chi connectivity index (χ4v) is 1.16. The van der Waals surface area contributed by atoms with Crippen LogP contribution in [0.2, 0.25) is 0 Å². The Kier molecular flexibility index (Phi) is 4.98. The van der Waals surface area contributed by atoms with Gasteiger partial charge in [-0.1, -0.05) is 18.1 Å². The quantitative estimate of drug-likeness (QED) is 0.673. The maximum Gasteiger partial charge on any atom is 0.412 e. The first-order valence-corrected chi connectivity index (χ1v) is 5.39. The Morgan fingerprint density at radius 3 is 3.07 bits per heavy atom. The van der Waals surface area contributed by atoms with Crippen LogP contribution in [0.1, 0.15) is 5.56 Å². The van der Waals surface area contributed by atoms with E-state index < -0.39 is 6.09 Å². The molecule has 15 heavy (non-hydrogen) atoms. The lowest BCUT2D eigenvalue weighted by molar-refractivity contribution is 0.176. The van der Waals surface area contributed by atoms with Gasteiger partial charge in [0.25, 0.3) is 0 Å². The van der Waals surface area contributed by atoms with Gasteiger partial charge in [-0.3, -0.25) is 5.32 Å². The largest absolute Gasteiger partial charge is 0.436 e. The highest BCUT2D eigenvalue weighted by Gasteiger charge is 2.01. The minimum absolute atomic E-state index is 0.112. The molecule has 0 fully saturated rings. The molecular weight excluding hydrogens is 305 g/mol. The molecule has 0 aliphatic rings. The predicted octanol–water partition coefficient (Wildman–Crippen LogP) is 2.94. The third kappa shape index (κ3) is 4.70. The molecular formula is C11H10INO2. The summed E-state index contributed by atoms with van der Waals surface area (Å²) in [5, 5.41) is 2.61. The Balaban J connectivity index is 2.46. The number of anilines is 1. The van der Waals surface area contributed by atoms with Gasteiger partial charge in [-0.05, 0) is 28.5 Å². The maximum absolute atomic E-state index is 11.2. The summed E-state index contributed by atoms with van der Waals surface area (Å²) in [5.74, 6) is 2.63. The highest BCUT2D eigenvalue weighted by molar-refractivity contribution is 14.1. The average Bonchev–Trinajstić information content (AvgIpc) is 2.18. The number of hydrogen-bond donors (Lipinski definition) is 1. The van der Waals surface area contributed by atoms with E-state index in [-0.39, 0.29) is 6.61 Å². The molecule has 1 rings (SSSR count). The third-order valence-electron chi connectivity index (χ3n) is 1.61. The molecule has 0 heterocycles. The van der Waals surface area contributed by atoms with E-state index in [1.165, 1.54) is 0 Å². The van der Waals surface area contributed by atoms with E-state index in [1.54, 1.807) is 6.07 Å². The van der Waals surface area contributed by atoms with Crippen LogP contribution in [0.5, 0.6) is 0 Å². The SMILES string of the molecule is Cc1cccc(NC(=O)OCC#CI)c1. The van der Waals surface area contributed by atoms with Crippen molar-refractivity contribution in [1.82, 2.24) is 0 Å². The van der Waals surface area contributed by atoms with E-state index in [0.29, 0.717) is 0 Å². The molecule has 0 atom stereocenters. The van der Waals surface area contributed by atoms with Gasteiger partial charge in [0.05, 0.1) is 0 Å². The summed E-state index contributed by atoms with van der Waals surface area (Å²) in [5.41, 5.74) is 1.81. The first-order chi connectivity index (χ1) is 7.22. The zero-order valence-corrected chi connectivity index (χ0v) is 10.4. The number of rotatable bonds is 2. The van der Waals surface area contributed by atoms with Crippen molar-refractivity contribution in [2.24, 2.45) is 0 Å². The van der Waals surface area contributed by atoms with E-state index >= 15 is 0 Å². The summed E-state index contributed by atoms with van der Waals surface area (Å²) in [4.78, 5) is 11.2. The lowest BCUT2D eigenvalue weighted by atomic mass is 10.2. The minimum atomic E-state index is -0.486. The second-order valence-corrected chi connectivity index (χ2v) is 3.38. The van der Waals surface area contributed by atoms with Crippen LogP contribution in [-0.4, -0.2) is 12.7 Å². The van der Waals surface area contributed by atoms with E-state index in [9.17, 15) is 4.79 Å². The van der Waals surface area contributed by atoms with Crippen molar-refractivity contribution in [2.75, 3.05) is 11.9 Å². The zero-order valence-electron chi connectivity index (χ0n) is 8.21. The molecule has 0 bridgehead atoms. The number of aryl methyl sites for hydroxylation is 1. The van der Waals surface area contributed by atoms with Crippen molar-refractivity contribution in [3.05, 3.63) is 29.8 Å². The van der Waals surface area contributed by atoms with E-state index in [1.807, 2.05) is 47.7 Å². The molecule has 0 spiro atoms. The van der Waals surface area contributed by atoms with Crippen LogP contribution < -0.4 is 5.32 Å². The van der Waals surface area contributed by atoms with Crippen molar-refractivity contribution in [1.29, 1.82) is 0 Å². The molecule has 0 radical (unpaired) electrons. The van der Waals surface area contributed by atoms with Crippen LogP contribution in [0.3, 0.4) is 0 Å². The third-order valence-corrected chi connectivity index (χ3v) is 1.99. The molecule has 0 aromatic heterocycles. The van der Waals surface area contributed by atoms with Crippen molar-refractivity contribution >= 4 is 34.4 Å². The highest BCUT2D eigenvalue weighted by atomic mass is 127. The molecule has 1 aromatic rings. The number of carbonyl (C=O) groups is 1. The summed E-state index contributed by atoms with van der Waals surface area (Å²) in [6.07, 6.45) is -0.486. The van der Waals surface area contributed by atoms with E-state index in [0.717, 1.165) is 11.3 Å². The summed E-state index contributed by atoms with van der Waals surface area (Å²) in [7, 11) is 0. The number of benzene rings is 1. The van der Waals surface area contributed by atoms with Gasteiger partial charge >= 0.3 is 6.09 Å². The van der Waals surface area contributed by atoms with Crippen LogP contribution in [-0.2, 0) is 4.74 Å². The fraction of sp³-hybridized carbons (Fsp3) is 0.182. The smallest absolute Gasteiger partial charge is 0.412 e. The lowest BCUT2D eigenvalue weighted by Gasteiger charge is -2.04. The average molecular weight is 315 g/mol. The topological polar surface area (TPSA) is 38.3 Å². The number of nitrogens with one attached hydrogen (secondary N) is 1. The number of ether oxygens (including phenoxy) is 1. The van der Waals surface area contributed by atoms with Crippen LogP contribution >= 0.6 is 22.6 Å². The first-order valence-electron chi connectivity index (χ1n) is 4.31. The Morgan fingerprint density at radius 2 is 2.40 bits per heavy atom. The molecule has 0 unspecified atom stereocenters. The standard InChI is InChI=1S/C11H10INO2/c1-9-4-2-5-10(8-9)13-11(14)15-7-3-6-12/h2,4-5,8H,7H2,1H3,(H,13,14). The second-order valence-electron chi connectivity index (χ2n) is 2.84. The molecule has 1 amide bonds. The molecule has 0 aliphatic heterocycles. The van der Waals surface area contributed by atoms with Crippen LogP contribution in [0.15, 0.2) is 24.3 Å². The molecule has 0 saturated carbocycles. The van der Waals surface area contributed by atoms with Gasteiger partial charge in [-0.15, -0.1) is 0 Å². The second kappa shape index (κ2) is 6.30. The van der Waals surface area contributed by atoms with Crippen LogP contribution in [0.4, 0.5) is 10.5 Å². The molecule has 0 saturated heterocycles. The highest BCUT2D eigenvalue weighted by Crippen LogP contribution is 2.09. The summed E-state index contributed by atoms with van der Waals surface area (Å²) < 4.78 is 7.41. The van der Waals surface area contributed by atoms with E-state index in [2.05, 4.69) is 15.2 Å². The van der Waals surface area contributed by atoms with Gasteiger partial charge < -0.3 is 4.74 Å². The number of amides is 1. The molecule has 1 N–H and O–H groups in total. The van der Waals surface area contributed by atoms with Gasteiger partial charge in [-0.2, -0.15) is 0 Å².